The minimum Gasteiger partial charge on any atom is -0.481 e. The van der Waals surface area contributed by atoms with Crippen molar-refractivity contribution in [1.82, 2.24) is 29.6 Å². The third-order valence-corrected chi connectivity index (χ3v) is 16.4. The summed E-state index contributed by atoms with van der Waals surface area (Å²) in [6.45, 7) is 14.0. The van der Waals surface area contributed by atoms with Gasteiger partial charge in [0.2, 0.25) is 27.7 Å². The number of ketones is 1. The minimum absolute atomic E-state index is 0.0117. The van der Waals surface area contributed by atoms with Crippen LogP contribution in [0.3, 0.4) is 0 Å². The SMILES string of the molecule is CC[C@H](C)[C@@H]([C@@H](CC(=O)N1CCC[C@H]1[C@H](O)[C@@H](C)C(=O)N[C@@H](Cc1ccc(OC(=O)N2CCC(C(=O)O)CC2)cc1)C(=O)NS(=O)(=O)C1CC1)OC)N(C)C(=O)[C@@H](CC(=O)[C@H](C(C)C)N(C)C)C(C)C. The number of likely N-dealkylation sites (tertiary alicyclic amines) is 2. The van der Waals surface area contributed by atoms with Crippen LogP contribution in [0.15, 0.2) is 24.3 Å². The molecule has 394 valence electrons. The first-order valence-electron chi connectivity index (χ1n) is 24.9. The Balaban J connectivity index is 1.46. The molecule has 0 bridgehead atoms. The van der Waals surface area contributed by atoms with Gasteiger partial charge in [-0.3, -0.25) is 38.4 Å². The van der Waals surface area contributed by atoms with E-state index in [9.17, 15) is 52.2 Å². The van der Waals surface area contributed by atoms with Crippen molar-refractivity contribution in [3.8, 4) is 5.75 Å². The van der Waals surface area contributed by atoms with Gasteiger partial charge in [-0.15, -0.1) is 0 Å². The molecular formula is C50H80N6O13S. The largest absolute Gasteiger partial charge is 0.481 e. The minimum atomic E-state index is -4.01. The van der Waals surface area contributed by atoms with Crippen LogP contribution < -0.4 is 14.8 Å². The van der Waals surface area contributed by atoms with Crippen LogP contribution in [-0.2, 0) is 49.9 Å². The monoisotopic (exact) mass is 1000 g/mol. The lowest BCUT2D eigenvalue weighted by atomic mass is 9.83. The Morgan fingerprint density at radius 2 is 1.46 bits per heavy atom. The van der Waals surface area contributed by atoms with Gasteiger partial charge in [-0.1, -0.05) is 67.0 Å². The number of benzene rings is 1. The number of aliphatic hydroxyl groups excluding tert-OH is 1. The van der Waals surface area contributed by atoms with E-state index in [2.05, 4.69) is 10.0 Å². The van der Waals surface area contributed by atoms with Crippen LogP contribution in [-0.4, -0.2) is 169 Å². The van der Waals surface area contributed by atoms with Crippen molar-refractivity contribution in [1.29, 1.82) is 0 Å². The number of rotatable bonds is 25. The van der Waals surface area contributed by atoms with Crippen molar-refractivity contribution < 1.29 is 61.7 Å². The van der Waals surface area contributed by atoms with E-state index in [4.69, 9.17) is 9.47 Å². The normalized spacial score (nSPS) is 20.2. The summed E-state index contributed by atoms with van der Waals surface area (Å²) in [6, 6.07) is 3.02. The second-order valence-electron chi connectivity index (χ2n) is 20.6. The molecule has 1 saturated carbocycles. The van der Waals surface area contributed by atoms with E-state index in [-0.39, 0.29) is 79.5 Å². The lowest BCUT2D eigenvalue weighted by Gasteiger charge is -2.40. The van der Waals surface area contributed by atoms with Gasteiger partial charge in [-0.25, -0.2) is 13.2 Å². The van der Waals surface area contributed by atoms with E-state index in [0.29, 0.717) is 57.1 Å². The number of amides is 5. The number of aliphatic carboxylic acids is 1. The molecule has 0 spiro atoms. The van der Waals surface area contributed by atoms with Crippen LogP contribution in [0.2, 0.25) is 0 Å². The van der Waals surface area contributed by atoms with E-state index in [1.807, 2.05) is 60.5 Å². The number of hydrogen-bond acceptors (Lipinski definition) is 13. The molecule has 4 N–H and O–H groups in total. The van der Waals surface area contributed by atoms with E-state index >= 15 is 0 Å². The highest BCUT2D eigenvalue weighted by molar-refractivity contribution is 7.90. The van der Waals surface area contributed by atoms with E-state index in [1.54, 1.807) is 24.1 Å². The Hall–Kier alpha value is -4.66. The van der Waals surface area contributed by atoms with Gasteiger partial charge in [-0.2, -0.15) is 0 Å². The number of likely N-dealkylation sites (N-methyl/N-ethyl adjacent to an activating group) is 2. The second-order valence-corrected chi connectivity index (χ2v) is 22.6. The average molecular weight is 1010 g/mol. The smallest absolute Gasteiger partial charge is 0.415 e. The van der Waals surface area contributed by atoms with Crippen molar-refractivity contribution >= 4 is 51.5 Å². The molecular weight excluding hydrogens is 925 g/mol. The first kappa shape index (κ1) is 57.9. The number of Topliss-reactive ketones (excluding diaryl/α,β-unsaturated/α-hetero) is 1. The number of methoxy groups -OCH3 is 1. The highest BCUT2D eigenvalue weighted by Crippen LogP contribution is 2.31. The summed E-state index contributed by atoms with van der Waals surface area (Å²) in [5.41, 5.74) is 0.486. The number of hydrogen-bond donors (Lipinski definition) is 4. The van der Waals surface area contributed by atoms with Gasteiger partial charge in [0.25, 0.3) is 5.91 Å². The highest BCUT2D eigenvalue weighted by Gasteiger charge is 2.44. The molecule has 9 atom stereocenters. The Morgan fingerprint density at radius 3 is 1.97 bits per heavy atom. The van der Waals surface area contributed by atoms with Crippen LogP contribution in [0.5, 0.6) is 5.75 Å². The average Bonchev–Trinajstić information content (AvgIpc) is 4.07. The molecule has 2 heterocycles. The number of carboxylic acid groups (broad SMARTS) is 1. The maximum Gasteiger partial charge on any atom is 0.415 e. The van der Waals surface area contributed by atoms with Gasteiger partial charge in [-0.05, 0) is 88.1 Å². The molecule has 70 heavy (non-hydrogen) atoms. The number of ether oxygens (including phenoxy) is 2. The molecule has 1 aliphatic carbocycles. The Kier molecular flexibility index (Phi) is 21.2. The van der Waals surface area contributed by atoms with Crippen molar-refractivity contribution in [2.45, 2.75) is 154 Å². The number of sulfonamides is 1. The molecule has 4 rings (SSSR count). The predicted molar refractivity (Wildman–Crippen MR) is 262 cm³/mol. The Bertz CT molecular complexity index is 2080. The van der Waals surface area contributed by atoms with Gasteiger partial charge in [0.05, 0.1) is 53.8 Å². The number of nitrogens with zero attached hydrogens (tertiary/aromatic N) is 4. The maximum absolute atomic E-state index is 14.4. The molecule has 1 aromatic carbocycles. The summed E-state index contributed by atoms with van der Waals surface area (Å²) in [6.07, 6.45) is -0.0113. The Morgan fingerprint density at radius 1 is 0.843 bits per heavy atom. The zero-order chi connectivity index (χ0) is 52.4. The number of aliphatic hydroxyl groups is 1. The topological polar surface area (TPSA) is 250 Å². The van der Waals surface area contributed by atoms with Crippen LogP contribution in [0.4, 0.5) is 4.79 Å². The van der Waals surface area contributed by atoms with E-state index in [1.165, 1.54) is 36.0 Å². The molecule has 2 aliphatic heterocycles. The van der Waals surface area contributed by atoms with Crippen molar-refractivity contribution in [3.63, 3.8) is 0 Å². The third-order valence-electron chi connectivity index (χ3n) is 14.6. The van der Waals surface area contributed by atoms with Crippen LogP contribution in [0, 0.1) is 35.5 Å². The molecule has 0 radical (unpaired) electrons. The van der Waals surface area contributed by atoms with E-state index < -0.39 is 87.2 Å². The first-order valence-corrected chi connectivity index (χ1v) is 26.5. The van der Waals surface area contributed by atoms with Gasteiger partial charge in [0.15, 0.2) is 5.78 Å². The molecule has 0 unspecified atom stereocenters. The zero-order valence-electron chi connectivity index (χ0n) is 43.1. The lowest BCUT2D eigenvalue weighted by molar-refractivity contribution is -0.149. The maximum atomic E-state index is 14.4. The molecule has 5 amide bonds. The fourth-order valence-electron chi connectivity index (χ4n) is 10.0. The molecule has 19 nitrogen and oxygen atoms in total. The predicted octanol–water partition coefficient (Wildman–Crippen LogP) is 3.70. The zero-order valence-corrected chi connectivity index (χ0v) is 43.9. The highest BCUT2D eigenvalue weighted by atomic mass is 32.2. The summed E-state index contributed by atoms with van der Waals surface area (Å²) in [5, 5.41) is 23.0. The lowest BCUT2D eigenvalue weighted by Crippen LogP contribution is -2.55. The number of piperidine rings is 1. The molecule has 2 saturated heterocycles. The molecule has 1 aromatic rings. The summed E-state index contributed by atoms with van der Waals surface area (Å²) in [4.78, 5) is 100. The molecule has 3 aliphatic rings. The number of carboxylic acids is 1. The molecule has 0 aromatic heterocycles. The fraction of sp³-hybridized carbons (Fsp3) is 0.740. The molecule has 3 fully saturated rings. The van der Waals surface area contributed by atoms with Crippen LogP contribution in [0.1, 0.15) is 112 Å². The van der Waals surface area contributed by atoms with Gasteiger partial charge < -0.3 is 39.7 Å². The summed E-state index contributed by atoms with van der Waals surface area (Å²) in [5.74, 6) is -5.48. The fourth-order valence-corrected chi connectivity index (χ4v) is 11.4. The van der Waals surface area contributed by atoms with Crippen molar-refractivity contribution in [3.05, 3.63) is 29.8 Å². The first-order chi connectivity index (χ1) is 32.8. The van der Waals surface area contributed by atoms with Crippen LogP contribution in [0.25, 0.3) is 0 Å². The standard InChI is InChI=1S/C50H80N6O13S/c1-12-31(6)44(54(10)48(62)37(29(2)3)27-40(57)43(30(4)5)53(8)9)41(68-11)28-42(58)56-23-13-14-39(56)45(59)32(7)46(60)51-38(47(61)52-70(66,67)36-19-20-36)26-33-15-17-35(18-16-33)69-50(65)55-24-21-34(22-25-55)49(63)64/h15-18,29-32,34,36-39,41,43-45,59H,12-14,19-28H2,1-11H3,(H,51,60)(H,52,61)(H,63,64)/t31-,32+,37-,38-,39-,41+,43-,44-,45+/m0/s1. The second kappa shape index (κ2) is 25.6. The van der Waals surface area contributed by atoms with Gasteiger partial charge in [0, 0.05) is 52.6 Å². The number of carbonyl (C=O) groups excluding carboxylic acids is 6. The van der Waals surface area contributed by atoms with Crippen molar-refractivity contribution in [2.75, 3.05) is 47.9 Å². The third kappa shape index (κ3) is 15.2. The molecule has 20 heteroatoms. The quantitative estimate of drug-likeness (QED) is 0.109. The number of nitrogens with one attached hydrogen (secondary N) is 2. The summed E-state index contributed by atoms with van der Waals surface area (Å²) < 4.78 is 39.3. The van der Waals surface area contributed by atoms with Crippen molar-refractivity contribution in [2.24, 2.45) is 35.5 Å². The summed E-state index contributed by atoms with van der Waals surface area (Å²) in [7, 11) is 2.89. The Labute approximate surface area is 414 Å². The van der Waals surface area contributed by atoms with Gasteiger partial charge in [0.1, 0.15) is 11.8 Å². The summed E-state index contributed by atoms with van der Waals surface area (Å²) >= 11 is 0. The van der Waals surface area contributed by atoms with E-state index in [0.717, 1.165) is 0 Å². The van der Waals surface area contributed by atoms with Crippen LogP contribution >= 0.6 is 0 Å². The number of carbonyl (C=O) groups is 7. The van der Waals surface area contributed by atoms with Gasteiger partial charge >= 0.3 is 12.1 Å².